The van der Waals surface area contributed by atoms with Crippen LogP contribution in [0.1, 0.15) is 27.2 Å². The highest BCUT2D eigenvalue weighted by molar-refractivity contribution is 5.92. The Morgan fingerprint density at radius 3 is 2.25 bits per heavy atom. The number of nitrogens with two attached hydrogens (primary N) is 3. The summed E-state index contributed by atoms with van der Waals surface area (Å²) in [6, 6.07) is 0. The van der Waals surface area contributed by atoms with Gasteiger partial charge in [0.1, 0.15) is 0 Å². The first-order valence-electron chi connectivity index (χ1n) is 4.91. The van der Waals surface area contributed by atoms with E-state index < -0.39 is 0 Å². The zero-order valence-corrected chi connectivity index (χ0v) is 9.95. The summed E-state index contributed by atoms with van der Waals surface area (Å²) in [4.78, 5) is 18.7. The molecule has 7 N–H and O–H groups in total. The third-order valence-electron chi connectivity index (χ3n) is 1.37. The van der Waals surface area contributed by atoms with Crippen LogP contribution in [0.5, 0.6) is 0 Å². The fourth-order valence-corrected chi connectivity index (χ4v) is 0.920. The summed E-state index contributed by atoms with van der Waals surface area (Å²) in [5.41, 5.74) is 15.3. The van der Waals surface area contributed by atoms with E-state index in [-0.39, 0.29) is 36.3 Å². The molecule has 0 aliphatic rings. The van der Waals surface area contributed by atoms with Gasteiger partial charge in [0.2, 0.25) is 11.9 Å². The van der Waals surface area contributed by atoms with Gasteiger partial charge < -0.3 is 22.5 Å². The molecule has 0 radical (unpaired) electrons. The largest absolute Gasteiger partial charge is 0.370 e. The molecule has 92 valence electrons. The molecule has 16 heavy (non-hydrogen) atoms. The van der Waals surface area contributed by atoms with Crippen LogP contribution >= 0.6 is 0 Å². The van der Waals surface area contributed by atoms with Crippen molar-refractivity contribution >= 4 is 17.8 Å². The Morgan fingerprint density at radius 1 is 1.25 bits per heavy atom. The molecule has 0 aromatic heterocycles. The summed E-state index contributed by atoms with van der Waals surface area (Å²) >= 11 is 0. The Morgan fingerprint density at radius 2 is 1.81 bits per heavy atom. The summed E-state index contributed by atoms with van der Waals surface area (Å²) in [6.07, 6.45) is 0.248. The highest BCUT2D eigenvalue weighted by Crippen LogP contribution is 1.98. The van der Waals surface area contributed by atoms with Gasteiger partial charge in [0.25, 0.3) is 0 Å². The molecule has 0 aromatic rings. The number of hydrogen-bond donors (Lipinski definition) is 4. The lowest BCUT2D eigenvalue weighted by Gasteiger charge is -2.20. The normalized spacial score (nSPS) is 12.1. The van der Waals surface area contributed by atoms with Gasteiger partial charge >= 0.3 is 0 Å². The monoisotopic (exact) mass is 228 g/mol. The minimum absolute atomic E-state index is 0.0245. The molecular weight excluding hydrogens is 208 g/mol. The van der Waals surface area contributed by atoms with Crippen LogP contribution in [0, 0.1) is 0 Å². The number of hydrogen-bond acceptors (Lipinski definition) is 2. The van der Waals surface area contributed by atoms with Crippen molar-refractivity contribution in [2.45, 2.75) is 32.7 Å². The van der Waals surface area contributed by atoms with Gasteiger partial charge in [0.15, 0.2) is 5.96 Å². The third-order valence-corrected chi connectivity index (χ3v) is 1.37. The van der Waals surface area contributed by atoms with Gasteiger partial charge in [-0.25, -0.2) is 0 Å². The molecule has 0 spiro atoms. The fraction of sp³-hybridized carbons (Fsp3) is 0.667. The van der Waals surface area contributed by atoms with Crippen molar-refractivity contribution in [2.24, 2.45) is 27.2 Å². The van der Waals surface area contributed by atoms with Crippen molar-refractivity contribution in [2.75, 3.05) is 6.54 Å². The van der Waals surface area contributed by atoms with Crippen LogP contribution in [0.4, 0.5) is 0 Å². The predicted octanol–water partition coefficient (Wildman–Crippen LogP) is -1.12. The summed E-state index contributed by atoms with van der Waals surface area (Å²) < 4.78 is 0. The van der Waals surface area contributed by atoms with Crippen molar-refractivity contribution in [1.82, 2.24) is 5.32 Å². The topological polar surface area (TPSA) is 132 Å². The first-order chi connectivity index (χ1) is 7.20. The van der Waals surface area contributed by atoms with Crippen LogP contribution in [-0.4, -0.2) is 29.9 Å². The van der Waals surface area contributed by atoms with Gasteiger partial charge in [0, 0.05) is 12.0 Å². The molecule has 1 amide bonds. The van der Waals surface area contributed by atoms with Crippen LogP contribution in [-0.2, 0) is 4.79 Å². The van der Waals surface area contributed by atoms with Crippen molar-refractivity contribution in [3.8, 4) is 0 Å². The first-order valence-corrected chi connectivity index (χ1v) is 4.91. The summed E-state index contributed by atoms with van der Waals surface area (Å²) in [6.45, 7) is 5.97. The first kappa shape index (κ1) is 14.2. The minimum atomic E-state index is -0.244. The number of carbonyl (C=O) groups is 1. The van der Waals surface area contributed by atoms with E-state index in [4.69, 9.17) is 17.2 Å². The van der Waals surface area contributed by atoms with E-state index >= 15 is 0 Å². The lowest BCUT2D eigenvalue weighted by molar-refractivity contribution is -0.122. The second kappa shape index (κ2) is 5.94. The van der Waals surface area contributed by atoms with Crippen molar-refractivity contribution in [3.05, 3.63) is 0 Å². The molecule has 0 bridgehead atoms. The van der Waals surface area contributed by atoms with E-state index in [1.165, 1.54) is 0 Å². The molecule has 0 aliphatic carbocycles. The third kappa shape index (κ3) is 8.79. The number of nitrogens with one attached hydrogen (secondary N) is 1. The molecule has 0 heterocycles. The highest BCUT2D eigenvalue weighted by atomic mass is 16.1. The Bertz CT molecular complexity index is 298. The van der Waals surface area contributed by atoms with Crippen LogP contribution in [0.25, 0.3) is 0 Å². The number of aliphatic imine (C=N–C) groups is 2. The zero-order valence-electron chi connectivity index (χ0n) is 9.95. The smallest absolute Gasteiger partial charge is 0.222 e. The van der Waals surface area contributed by atoms with Crippen molar-refractivity contribution in [1.29, 1.82) is 0 Å². The predicted molar refractivity (Wildman–Crippen MR) is 64.8 cm³/mol. The maximum atomic E-state index is 11.4. The SMILES string of the molecule is CC(C)(C)NC(=O)CCN=C(N)N=C(N)N. The van der Waals surface area contributed by atoms with E-state index in [9.17, 15) is 4.79 Å². The molecule has 0 saturated carbocycles. The Hall–Kier alpha value is -1.79. The number of rotatable bonds is 3. The zero-order chi connectivity index (χ0) is 12.8. The average molecular weight is 228 g/mol. The van der Waals surface area contributed by atoms with Gasteiger partial charge in [-0.3, -0.25) is 9.79 Å². The highest BCUT2D eigenvalue weighted by Gasteiger charge is 2.12. The maximum absolute atomic E-state index is 11.4. The molecule has 0 fully saturated rings. The summed E-state index contributed by atoms with van der Waals surface area (Å²) in [5, 5.41) is 2.80. The number of guanidine groups is 2. The molecule has 0 saturated heterocycles. The van der Waals surface area contributed by atoms with E-state index in [0.717, 1.165) is 0 Å². The molecular formula is C9H20N6O. The maximum Gasteiger partial charge on any atom is 0.222 e. The van der Waals surface area contributed by atoms with Gasteiger partial charge in [-0.1, -0.05) is 0 Å². The molecule has 7 nitrogen and oxygen atoms in total. The quantitative estimate of drug-likeness (QED) is 0.360. The second-order valence-corrected chi connectivity index (χ2v) is 4.32. The average Bonchev–Trinajstić information content (AvgIpc) is 1.98. The lowest BCUT2D eigenvalue weighted by atomic mass is 10.1. The summed E-state index contributed by atoms with van der Waals surface area (Å²) in [7, 11) is 0. The van der Waals surface area contributed by atoms with Gasteiger partial charge in [0.05, 0.1) is 6.54 Å². The van der Waals surface area contributed by atoms with Crippen LogP contribution in [0.3, 0.4) is 0 Å². The van der Waals surface area contributed by atoms with Crippen molar-refractivity contribution < 1.29 is 4.79 Å². The second-order valence-electron chi connectivity index (χ2n) is 4.32. The fourth-order valence-electron chi connectivity index (χ4n) is 0.920. The summed E-state index contributed by atoms with van der Waals surface area (Å²) in [5.74, 6) is -0.266. The molecule has 0 aromatic carbocycles. The Kier molecular flexibility index (Phi) is 5.27. The Labute approximate surface area is 95.2 Å². The molecule has 0 atom stereocenters. The minimum Gasteiger partial charge on any atom is -0.370 e. The molecule has 0 unspecified atom stereocenters. The number of carbonyl (C=O) groups excluding carboxylic acids is 1. The van der Waals surface area contributed by atoms with Crippen molar-refractivity contribution in [3.63, 3.8) is 0 Å². The van der Waals surface area contributed by atoms with E-state index in [0.29, 0.717) is 0 Å². The molecule has 0 aliphatic heterocycles. The van der Waals surface area contributed by atoms with E-state index in [1.807, 2.05) is 20.8 Å². The lowest BCUT2D eigenvalue weighted by Crippen LogP contribution is -2.40. The van der Waals surface area contributed by atoms with Crippen LogP contribution in [0.2, 0.25) is 0 Å². The number of amides is 1. The molecule has 0 rings (SSSR count). The van der Waals surface area contributed by atoms with Gasteiger partial charge in [-0.2, -0.15) is 4.99 Å². The number of nitrogens with zero attached hydrogens (tertiary/aromatic N) is 2. The van der Waals surface area contributed by atoms with E-state index in [1.54, 1.807) is 0 Å². The Balaban J connectivity index is 3.99. The van der Waals surface area contributed by atoms with E-state index in [2.05, 4.69) is 15.3 Å². The van der Waals surface area contributed by atoms with Crippen LogP contribution < -0.4 is 22.5 Å². The van der Waals surface area contributed by atoms with Gasteiger partial charge in [-0.15, -0.1) is 0 Å². The standard InChI is InChI=1S/C9H20N6O/c1-9(2,3)15-6(16)4-5-13-8(12)14-7(10)11/h4-5H2,1-3H3,(H,15,16)(H6,10,11,12,13,14). The molecule has 7 heteroatoms. The van der Waals surface area contributed by atoms with Gasteiger partial charge in [-0.05, 0) is 20.8 Å². The van der Waals surface area contributed by atoms with Crippen LogP contribution in [0.15, 0.2) is 9.98 Å².